The number of hydrogen-bond donors (Lipinski definition) is 0. The van der Waals surface area contributed by atoms with E-state index in [4.69, 9.17) is 0 Å². The Morgan fingerprint density at radius 2 is 1.04 bits per heavy atom. The summed E-state index contributed by atoms with van der Waals surface area (Å²) in [6.45, 7) is 8.05. The molecule has 0 unspecified atom stereocenters. The molecule has 0 nitrogen and oxygen atoms in total. The van der Waals surface area contributed by atoms with Crippen LogP contribution in [-0.4, -0.2) is 12.4 Å². The summed E-state index contributed by atoms with van der Waals surface area (Å²) < 4.78 is 79.4. The van der Waals surface area contributed by atoms with Crippen LogP contribution in [0.2, 0.25) is 0 Å². The van der Waals surface area contributed by atoms with Gasteiger partial charge < -0.3 is 0 Å². The Morgan fingerprint density at radius 3 is 1.28 bits per heavy atom. The molecule has 0 saturated heterocycles. The Hall–Kier alpha value is -1.20. The van der Waals surface area contributed by atoms with Crippen molar-refractivity contribution in [3.05, 3.63) is 34.9 Å². The fourth-order valence-corrected chi connectivity index (χ4v) is 2.87. The minimum Gasteiger partial charge on any atom is -0.171 e. The molecule has 0 N–H and O–H groups in total. The highest BCUT2D eigenvalue weighted by Crippen LogP contribution is 2.44. The van der Waals surface area contributed by atoms with Crippen molar-refractivity contribution in [2.24, 2.45) is 10.8 Å². The molecule has 0 aliphatic rings. The van der Waals surface area contributed by atoms with Gasteiger partial charge in [-0.05, 0) is 35.4 Å². The molecular formula is C19H26F6. The summed E-state index contributed by atoms with van der Waals surface area (Å²) >= 11 is 0. The molecule has 0 spiro atoms. The molecule has 25 heavy (non-hydrogen) atoms. The molecule has 144 valence electrons. The van der Waals surface area contributed by atoms with Crippen molar-refractivity contribution in [3.63, 3.8) is 0 Å². The summed E-state index contributed by atoms with van der Waals surface area (Å²) in [7, 11) is 0. The van der Waals surface area contributed by atoms with E-state index in [-0.39, 0.29) is 18.8 Å². The number of benzene rings is 1. The van der Waals surface area contributed by atoms with Crippen LogP contribution in [0.25, 0.3) is 0 Å². The quantitative estimate of drug-likeness (QED) is 0.488. The van der Waals surface area contributed by atoms with E-state index < -0.39 is 23.2 Å². The first kappa shape index (κ1) is 21.8. The molecule has 1 aromatic carbocycles. The van der Waals surface area contributed by atoms with Crippen LogP contribution < -0.4 is 0 Å². The molecule has 1 aromatic rings. The predicted octanol–water partition coefficient (Wildman–Crippen LogP) is 7.07. The smallest absolute Gasteiger partial charge is 0.171 e. The second-order valence-electron chi connectivity index (χ2n) is 8.26. The van der Waals surface area contributed by atoms with Gasteiger partial charge in [0.1, 0.15) is 0 Å². The number of alkyl halides is 6. The van der Waals surface area contributed by atoms with E-state index in [1.165, 1.54) is 0 Å². The topological polar surface area (TPSA) is 0 Å². The van der Waals surface area contributed by atoms with E-state index in [1.807, 2.05) is 0 Å². The second kappa shape index (κ2) is 6.84. The van der Waals surface area contributed by atoms with Crippen LogP contribution in [0.5, 0.6) is 0 Å². The van der Waals surface area contributed by atoms with Crippen molar-refractivity contribution >= 4 is 0 Å². The first-order chi connectivity index (χ1) is 11.0. The van der Waals surface area contributed by atoms with Gasteiger partial charge in [-0.3, -0.25) is 0 Å². The van der Waals surface area contributed by atoms with Crippen LogP contribution in [0.15, 0.2) is 18.2 Å². The highest BCUT2D eigenvalue weighted by atomic mass is 19.4. The van der Waals surface area contributed by atoms with Crippen LogP contribution in [0.3, 0.4) is 0 Å². The fourth-order valence-electron chi connectivity index (χ4n) is 2.87. The summed E-state index contributed by atoms with van der Waals surface area (Å²) in [4.78, 5) is 0. The van der Waals surface area contributed by atoms with E-state index >= 15 is 0 Å². The standard InChI is InChI=1S/C19H26F6/c1-12(2)15-13(10-16(3,4)18(20,21)22)8-7-9-14(15)11-17(5,6)19(23,24)25/h7-9,12H,10-11H2,1-6H3. The Bertz CT molecular complexity index is 545. The van der Waals surface area contributed by atoms with Gasteiger partial charge in [0, 0.05) is 0 Å². The number of rotatable bonds is 5. The highest BCUT2D eigenvalue weighted by molar-refractivity contribution is 5.39. The molecule has 1 rings (SSSR count). The normalized spacial score (nSPS) is 14.3. The van der Waals surface area contributed by atoms with E-state index in [0.717, 1.165) is 27.7 Å². The minimum atomic E-state index is -4.39. The number of halogens is 6. The van der Waals surface area contributed by atoms with E-state index in [9.17, 15) is 26.3 Å². The molecule has 0 radical (unpaired) electrons. The Balaban J connectivity index is 3.36. The first-order valence-electron chi connectivity index (χ1n) is 8.24. The van der Waals surface area contributed by atoms with Crippen molar-refractivity contribution in [1.29, 1.82) is 0 Å². The molecule has 0 aromatic heterocycles. The molecule has 6 heteroatoms. The average Bonchev–Trinajstić information content (AvgIpc) is 2.34. The Kier molecular flexibility index (Phi) is 5.98. The molecule has 0 bridgehead atoms. The van der Waals surface area contributed by atoms with Gasteiger partial charge in [0.05, 0.1) is 10.8 Å². The summed E-state index contributed by atoms with van der Waals surface area (Å²) in [5.74, 6) is -0.167. The summed E-state index contributed by atoms with van der Waals surface area (Å²) in [6.07, 6.45) is -9.29. The third-order valence-corrected chi connectivity index (χ3v) is 4.66. The van der Waals surface area contributed by atoms with E-state index in [0.29, 0.717) is 16.7 Å². The predicted molar refractivity (Wildman–Crippen MR) is 87.6 cm³/mol. The van der Waals surface area contributed by atoms with Crippen molar-refractivity contribution in [2.75, 3.05) is 0 Å². The summed E-state index contributed by atoms with van der Waals surface area (Å²) in [6, 6.07) is 4.73. The second-order valence-corrected chi connectivity index (χ2v) is 8.26. The molecule has 0 amide bonds. The maximum absolute atomic E-state index is 13.2. The molecule has 0 heterocycles. The van der Waals surface area contributed by atoms with Crippen LogP contribution in [0.4, 0.5) is 26.3 Å². The van der Waals surface area contributed by atoms with Crippen LogP contribution in [0.1, 0.15) is 64.2 Å². The molecule has 0 aliphatic carbocycles. The third-order valence-electron chi connectivity index (χ3n) is 4.66. The number of hydrogen-bond acceptors (Lipinski definition) is 0. The summed E-state index contributed by atoms with van der Waals surface area (Å²) in [5.41, 5.74) is -2.37. The van der Waals surface area contributed by atoms with Crippen LogP contribution in [-0.2, 0) is 12.8 Å². The monoisotopic (exact) mass is 368 g/mol. The highest BCUT2D eigenvalue weighted by Gasteiger charge is 2.49. The van der Waals surface area contributed by atoms with Crippen molar-refractivity contribution in [1.82, 2.24) is 0 Å². The zero-order chi connectivity index (χ0) is 19.8. The van der Waals surface area contributed by atoms with Gasteiger partial charge in [-0.1, -0.05) is 59.7 Å². The van der Waals surface area contributed by atoms with Crippen molar-refractivity contribution < 1.29 is 26.3 Å². The zero-order valence-corrected chi connectivity index (χ0v) is 15.5. The van der Waals surface area contributed by atoms with E-state index in [2.05, 4.69) is 0 Å². The zero-order valence-electron chi connectivity index (χ0n) is 15.5. The van der Waals surface area contributed by atoms with Gasteiger partial charge in [-0.2, -0.15) is 26.3 Å². The van der Waals surface area contributed by atoms with Crippen LogP contribution >= 0.6 is 0 Å². The lowest BCUT2D eigenvalue weighted by Crippen LogP contribution is -2.35. The van der Waals surface area contributed by atoms with E-state index in [1.54, 1.807) is 32.0 Å². The largest absolute Gasteiger partial charge is 0.394 e. The van der Waals surface area contributed by atoms with Gasteiger partial charge in [-0.15, -0.1) is 0 Å². The lowest BCUT2D eigenvalue weighted by Gasteiger charge is -2.32. The van der Waals surface area contributed by atoms with Crippen LogP contribution in [0, 0.1) is 10.8 Å². The average molecular weight is 368 g/mol. The fraction of sp³-hybridized carbons (Fsp3) is 0.684. The Labute approximate surface area is 145 Å². The van der Waals surface area contributed by atoms with Gasteiger partial charge in [0.25, 0.3) is 0 Å². The summed E-state index contributed by atoms with van der Waals surface area (Å²) in [5, 5.41) is 0. The maximum Gasteiger partial charge on any atom is 0.394 e. The molecule has 0 atom stereocenters. The maximum atomic E-state index is 13.2. The molecule has 0 aliphatic heterocycles. The first-order valence-corrected chi connectivity index (χ1v) is 8.24. The molecule has 0 saturated carbocycles. The molecule has 0 fully saturated rings. The van der Waals surface area contributed by atoms with Crippen molar-refractivity contribution in [2.45, 2.75) is 72.7 Å². The lowest BCUT2D eigenvalue weighted by molar-refractivity contribution is -0.211. The third kappa shape index (κ3) is 4.91. The van der Waals surface area contributed by atoms with Gasteiger partial charge >= 0.3 is 12.4 Å². The minimum absolute atomic E-state index is 0.167. The lowest BCUT2D eigenvalue weighted by atomic mass is 9.77. The SMILES string of the molecule is CC(C)c1c(CC(C)(C)C(F)(F)F)cccc1CC(C)(C)C(F)(F)F. The van der Waals surface area contributed by atoms with Crippen molar-refractivity contribution in [3.8, 4) is 0 Å². The van der Waals surface area contributed by atoms with Gasteiger partial charge in [0.15, 0.2) is 0 Å². The Morgan fingerprint density at radius 1 is 0.720 bits per heavy atom. The molecular weight excluding hydrogens is 342 g/mol. The van der Waals surface area contributed by atoms with Gasteiger partial charge in [-0.25, -0.2) is 0 Å². The van der Waals surface area contributed by atoms with Gasteiger partial charge in [0.2, 0.25) is 0 Å².